The maximum Gasteiger partial charge on any atom is 0.435 e. The second-order valence-electron chi connectivity index (χ2n) is 1.56. The lowest BCUT2D eigenvalue weighted by molar-refractivity contribution is -0.190. The van der Waals surface area contributed by atoms with Crippen molar-refractivity contribution in [1.29, 1.82) is 0 Å². The van der Waals surface area contributed by atoms with Crippen molar-refractivity contribution in [1.82, 2.24) is 0 Å². The Kier molecular flexibility index (Phi) is 3.81. The van der Waals surface area contributed by atoms with Crippen LogP contribution in [0.1, 0.15) is 0 Å². The summed E-state index contributed by atoms with van der Waals surface area (Å²) in [5.74, 6) is -3.48. The first-order valence-electron chi connectivity index (χ1n) is 2.43. The Labute approximate surface area is 69.4 Å². The first kappa shape index (κ1) is 11.0. The molecule has 0 saturated carbocycles. The Hall–Kier alpha value is -0.980. The van der Waals surface area contributed by atoms with Crippen LogP contribution in [-0.2, 0) is 18.6 Å². The van der Waals surface area contributed by atoms with Gasteiger partial charge in [0, 0.05) is 0 Å². The first-order valence-corrected chi connectivity index (χ1v) is 2.74. The van der Waals surface area contributed by atoms with Gasteiger partial charge in [0.2, 0.25) is 0 Å². The molecule has 0 rings (SSSR count). The molecule has 0 radical (unpaired) electrons. The van der Waals surface area contributed by atoms with Gasteiger partial charge < -0.3 is 9.03 Å². The van der Waals surface area contributed by atoms with Crippen molar-refractivity contribution in [3.8, 4) is 0 Å². The molecular formula is C4H2ClF3O4. The zero-order valence-corrected chi connectivity index (χ0v) is 6.11. The molecule has 0 aliphatic rings. The van der Waals surface area contributed by atoms with Gasteiger partial charge in [0.05, 0.1) is 0 Å². The summed E-state index contributed by atoms with van der Waals surface area (Å²) in [5.41, 5.74) is 0. The highest BCUT2D eigenvalue weighted by molar-refractivity contribution is 6.35. The van der Waals surface area contributed by atoms with Crippen molar-refractivity contribution in [3.05, 3.63) is 0 Å². The number of carbonyl (C=O) groups excluding carboxylic acids is 2. The minimum Gasteiger partial charge on any atom is -0.448 e. The van der Waals surface area contributed by atoms with E-state index in [4.69, 9.17) is 0 Å². The normalized spacial score (nSPS) is 10.7. The Morgan fingerprint density at radius 1 is 1.25 bits per heavy atom. The first-order chi connectivity index (χ1) is 5.37. The van der Waals surface area contributed by atoms with Crippen LogP contribution in [0, 0.1) is 0 Å². The molecule has 0 fully saturated rings. The van der Waals surface area contributed by atoms with Crippen molar-refractivity contribution >= 4 is 23.8 Å². The number of rotatable bonds is 1. The van der Waals surface area contributed by atoms with Crippen LogP contribution in [0.3, 0.4) is 0 Å². The molecule has 0 saturated heterocycles. The lowest BCUT2D eigenvalue weighted by Gasteiger charge is -2.04. The predicted octanol–water partition coefficient (Wildman–Crippen LogP) is 0.789. The van der Waals surface area contributed by atoms with E-state index in [9.17, 15) is 22.8 Å². The Bertz CT molecular complexity index is 189. The highest BCUT2D eigenvalue weighted by Crippen LogP contribution is 2.14. The summed E-state index contributed by atoms with van der Waals surface area (Å²) >= 11 is 4.37. The van der Waals surface area contributed by atoms with E-state index >= 15 is 0 Å². The third-order valence-electron chi connectivity index (χ3n) is 0.604. The van der Waals surface area contributed by atoms with E-state index in [1.165, 1.54) is 0 Å². The number of carbonyl (C=O) groups is 2. The van der Waals surface area contributed by atoms with Gasteiger partial charge in [-0.2, -0.15) is 13.2 Å². The van der Waals surface area contributed by atoms with Gasteiger partial charge in [-0.3, -0.25) is 0 Å². The quantitative estimate of drug-likeness (QED) is 0.470. The minimum absolute atomic E-state index is 1.69. The number of alkyl halides is 3. The Morgan fingerprint density at radius 3 is 2.08 bits per heavy atom. The number of esters is 1. The van der Waals surface area contributed by atoms with E-state index in [0.29, 0.717) is 0 Å². The van der Waals surface area contributed by atoms with Gasteiger partial charge in [-0.05, 0) is 0 Å². The van der Waals surface area contributed by atoms with Crippen LogP contribution in [0.15, 0.2) is 0 Å². The fourth-order valence-corrected chi connectivity index (χ4v) is 0.301. The summed E-state index contributed by atoms with van der Waals surface area (Å²) < 4.78 is 40.7. The molecular weight excluding hydrogens is 204 g/mol. The van der Waals surface area contributed by atoms with Crippen molar-refractivity contribution in [2.75, 3.05) is 6.61 Å². The van der Waals surface area contributed by atoms with Gasteiger partial charge in [0.15, 0.2) is 6.61 Å². The number of hydrogen-bond donors (Lipinski definition) is 0. The zero-order chi connectivity index (χ0) is 9.78. The van der Waals surface area contributed by atoms with E-state index in [1.54, 1.807) is 0 Å². The summed E-state index contributed by atoms with van der Waals surface area (Å²) in [6, 6.07) is 0. The Balaban J connectivity index is 3.80. The molecule has 0 amide bonds. The number of hydrogen-bond acceptors (Lipinski definition) is 4. The van der Waals surface area contributed by atoms with Crippen molar-refractivity contribution in [3.63, 3.8) is 0 Å². The molecule has 8 heteroatoms. The lowest BCUT2D eigenvalue weighted by Crippen LogP contribution is -2.25. The molecule has 0 aromatic carbocycles. The van der Waals surface area contributed by atoms with E-state index in [2.05, 4.69) is 20.9 Å². The van der Waals surface area contributed by atoms with Crippen LogP contribution in [0.2, 0.25) is 0 Å². The highest BCUT2D eigenvalue weighted by atomic mass is 35.5. The number of ether oxygens (including phenoxy) is 1. The largest absolute Gasteiger partial charge is 0.448 e. The summed E-state index contributed by atoms with van der Waals surface area (Å²) in [6.07, 6.45) is -4.68. The zero-order valence-electron chi connectivity index (χ0n) is 5.35. The van der Waals surface area contributed by atoms with Crippen LogP contribution in [-0.4, -0.2) is 24.7 Å². The minimum atomic E-state index is -4.68. The molecule has 0 aromatic heterocycles. The molecule has 0 unspecified atom stereocenters. The van der Waals surface area contributed by atoms with Crippen LogP contribution >= 0.6 is 11.9 Å². The monoisotopic (exact) mass is 206 g/mol. The molecule has 0 aliphatic heterocycles. The highest BCUT2D eigenvalue weighted by Gasteiger charge is 2.31. The van der Waals surface area contributed by atoms with Gasteiger partial charge in [-0.1, -0.05) is 0 Å². The van der Waals surface area contributed by atoms with Crippen molar-refractivity contribution in [2.45, 2.75) is 6.18 Å². The van der Waals surface area contributed by atoms with Crippen molar-refractivity contribution in [2.24, 2.45) is 0 Å². The molecule has 0 aliphatic carbocycles. The average Bonchev–Trinajstić information content (AvgIpc) is 1.97. The van der Waals surface area contributed by atoms with Crippen molar-refractivity contribution < 1.29 is 31.8 Å². The summed E-state index contributed by atoms with van der Waals surface area (Å²) in [4.78, 5) is 20.2. The molecule has 0 atom stereocenters. The topological polar surface area (TPSA) is 52.6 Å². The summed E-state index contributed by atoms with van der Waals surface area (Å²) in [7, 11) is 0. The van der Waals surface area contributed by atoms with Gasteiger partial charge >= 0.3 is 18.1 Å². The third-order valence-corrected chi connectivity index (χ3v) is 0.744. The SMILES string of the molecule is O=C(OCl)C(=O)OCC(F)(F)F. The van der Waals surface area contributed by atoms with Gasteiger partial charge in [-0.15, -0.1) is 0 Å². The van der Waals surface area contributed by atoms with Crippen LogP contribution in [0.25, 0.3) is 0 Å². The molecule has 0 aromatic rings. The van der Waals surface area contributed by atoms with E-state index in [1.807, 2.05) is 0 Å². The fourth-order valence-electron chi connectivity index (χ4n) is 0.238. The van der Waals surface area contributed by atoms with Crippen LogP contribution in [0.5, 0.6) is 0 Å². The second kappa shape index (κ2) is 4.15. The third kappa shape index (κ3) is 4.78. The second-order valence-corrected chi connectivity index (χ2v) is 1.71. The molecule has 0 spiro atoms. The molecule has 0 heterocycles. The lowest BCUT2D eigenvalue weighted by atomic mass is 10.6. The molecule has 0 bridgehead atoms. The van der Waals surface area contributed by atoms with E-state index < -0.39 is 24.7 Å². The Morgan fingerprint density at radius 2 is 1.75 bits per heavy atom. The fraction of sp³-hybridized carbons (Fsp3) is 0.500. The van der Waals surface area contributed by atoms with E-state index in [-0.39, 0.29) is 0 Å². The van der Waals surface area contributed by atoms with Gasteiger partial charge in [0.1, 0.15) is 11.9 Å². The predicted molar refractivity (Wildman–Crippen MR) is 29.0 cm³/mol. The standard InChI is InChI=1S/C4H2ClF3O4/c5-12-3(10)2(9)11-1-4(6,7)8/h1H2. The van der Waals surface area contributed by atoms with Crippen LogP contribution in [0.4, 0.5) is 13.2 Å². The summed E-state index contributed by atoms with van der Waals surface area (Å²) in [6.45, 7) is -1.85. The maximum absolute atomic E-state index is 11.3. The van der Waals surface area contributed by atoms with Gasteiger partial charge in [-0.25, -0.2) is 9.59 Å². The van der Waals surface area contributed by atoms with Gasteiger partial charge in [0.25, 0.3) is 0 Å². The molecule has 70 valence electrons. The molecule has 0 N–H and O–H groups in total. The molecule has 12 heavy (non-hydrogen) atoms. The smallest absolute Gasteiger partial charge is 0.435 e. The number of halogens is 4. The van der Waals surface area contributed by atoms with E-state index in [0.717, 1.165) is 0 Å². The average molecular weight is 207 g/mol. The summed E-state index contributed by atoms with van der Waals surface area (Å²) in [5, 5.41) is 0. The maximum atomic E-state index is 11.3. The van der Waals surface area contributed by atoms with Crippen LogP contribution < -0.4 is 0 Å². The molecule has 4 nitrogen and oxygen atoms in total.